The molecule has 0 saturated carbocycles. The standard InChI is InChI=1S/C13H17F3N2O/c1-12(2)18-10(8-19-12)7-6-9-4-3-5-11(17-9)13(14,15)16/h3-5,10,18H,6-8H2,1-2H3. The summed E-state index contributed by atoms with van der Waals surface area (Å²) in [5.74, 6) is 0. The highest BCUT2D eigenvalue weighted by Crippen LogP contribution is 2.27. The summed E-state index contributed by atoms with van der Waals surface area (Å²) in [5.41, 5.74) is -0.728. The van der Waals surface area contributed by atoms with Gasteiger partial charge in [-0.3, -0.25) is 5.32 Å². The fraction of sp³-hybridized carbons (Fsp3) is 0.615. The molecule has 1 aromatic rings. The van der Waals surface area contributed by atoms with Gasteiger partial charge in [-0.15, -0.1) is 0 Å². The normalized spacial score (nSPS) is 22.7. The van der Waals surface area contributed by atoms with Crippen LogP contribution >= 0.6 is 0 Å². The predicted octanol–water partition coefficient (Wildman–Crippen LogP) is 2.76. The van der Waals surface area contributed by atoms with E-state index >= 15 is 0 Å². The van der Waals surface area contributed by atoms with E-state index in [9.17, 15) is 13.2 Å². The highest BCUT2D eigenvalue weighted by molar-refractivity contribution is 5.14. The van der Waals surface area contributed by atoms with E-state index in [4.69, 9.17) is 4.74 Å². The lowest BCUT2D eigenvalue weighted by atomic mass is 10.1. The monoisotopic (exact) mass is 274 g/mol. The zero-order valence-corrected chi connectivity index (χ0v) is 10.9. The molecule has 3 nitrogen and oxygen atoms in total. The third-order valence-corrected chi connectivity index (χ3v) is 3.04. The van der Waals surface area contributed by atoms with E-state index in [1.165, 1.54) is 6.07 Å². The van der Waals surface area contributed by atoms with Crippen LogP contribution in [0, 0.1) is 0 Å². The topological polar surface area (TPSA) is 34.2 Å². The number of aromatic nitrogens is 1. The van der Waals surface area contributed by atoms with Crippen LogP contribution in [0.1, 0.15) is 31.7 Å². The summed E-state index contributed by atoms with van der Waals surface area (Å²) in [6.45, 7) is 4.43. The zero-order valence-electron chi connectivity index (χ0n) is 10.9. The van der Waals surface area contributed by atoms with Gasteiger partial charge in [0.1, 0.15) is 11.4 Å². The molecule has 1 saturated heterocycles. The molecule has 1 aromatic heterocycles. The molecule has 6 heteroatoms. The minimum atomic E-state index is -4.38. The van der Waals surface area contributed by atoms with E-state index in [1.54, 1.807) is 6.07 Å². The molecule has 106 valence electrons. The van der Waals surface area contributed by atoms with E-state index in [1.807, 2.05) is 13.8 Å². The Kier molecular flexibility index (Phi) is 3.82. The lowest BCUT2D eigenvalue weighted by Crippen LogP contribution is -2.38. The number of hydrogen-bond acceptors (Lipinski definition) is 3. The molecule has 1 N–H and O–H groups in total. The summed E-state index contributed by atoms with van der Waals surface area (Å²) in [6.07, 6.45) is -3.18. The molecule has 0 aromatic carbocycles. The summed E-state index contributed by atoms with van der Waals surface area (Å²) in [6, 6.07) is 4.17. The highest BCUT2D eigenvalue weighted by Gasteiger charge is 2.33. The molecule has 1 aliphatic heterocycles. The first-order valence-electron chi connectivity index (χ1n) is 6.21. The Morgan fingerprint density at radius 3 is 2.74 bits per heavy atom. The first kappa shape index (κ1) is 14.3. The van der Waals surface area contributed by atoms with Gasteiger partial charge in [0.2, 0.25) is 0 Å². The Morgan fingerprint density at radius 1 is 1.42 bits per heavy atom. The Morgan fingerprint density at radius 2 is 2.16 bits per heavy atom. The molecule has 1 unspecified atom stereocenters. The number of halogens is 3. The number of ether oxygens (including phenoxy) is 1. The zero-order chi connectivity index (χ0) is 14.1. The van der Waals surface area contributed by atoms with Crippen LogP contribution in [0.4, 0.5) is 13.2 Å². The molecule has 0 amide bonds. The van der Waals surface area contributed by atoms with Gasteiger partial charge in [-0.2, -0.15) is 13.2 Å². The fourth-order valence-electron chi connectivity index (χ4n) is 2.14. The van der Waals surface area contributed by atoms with Crippen molar-refractivity contribution in [2.24, 2.45) is 0 Å². The van der Waals surface area contributed by atoms with E-state index in [0.29, 0.717) is 25.1 Å². The Balaban J connectivity index is 1.94. The Bertz CT molecular complexity index is 446. The first-order chi connectivity index (χ1) is 8.76. The van der Waals surface area contributed by atoms with Crippen LogP contribution in [0.15, 0.2) is 18.2 Å². The summed E-state index contributed by atoms with van der Waals surface area (Å²) in [5, 5.41) is 3.27. The van der Waals surface area contributed by atoms with E-state index < -0.39 is 11.9 Å². The SMILES string of the molecule is CC1(C)NC(CCc2cccc(C(F)(F)F)n2)CO1. The summed E-state index contributed by atoms with van der Waals surface area (Å²) in [7, 11) is 0. The van der Waals surface area contributed by atoms with Gasteiger partial charge in [-0.1, -0.05) is 6.07 Å². The van der Waals surface area contributed by atoms with E-state index in [2.05, 4.69) is 10.3 Å². The van der Waals surface area contributed by atoms with Gasteiger partial charge >= 0.3 is 6.18 Å². The second-order valence-corrected chi connectivity index (χ2v) is 5.21. The van der Waals surface area contributed by atoms with Crippen molar-refractivity contribution in [2.45, 2.75) is 44.6 Å². The van der Waals surface area contributed by atoms with Gasteiger partial charge in [0.05, 0.1) is 6.61 Å². The second-order valence-electron chi connectivity index (χ2n) is 5.21. The van der Waals surface area contributed by atoms with Gasteiger partial charge in [-0.25, -0.2) is 4.98 Å². The maximum atomic E-state index is 12.5. The molecular weight excluding hydrogens is 257 g/mol. The average Bonchev–Trinajstić information content (AvgIpc) is 2.66. The number of rotatable bonds is 3. The van der Waals surface area contributed by atoms with Crippen molar-refractivity contribution in [3.05, 3.63) is 29.6 Å². The Hall–Kier alpha value is -1.14. The van der Waals surface area contributed by atoms with Crippen molar-refractivity contribution in [1.29, 1.82) is 0 Å². The maximum absolute atomic E-state index is 12.5. The van der Waals surface area contributed by atoms with Crippen molar-refractivity contribution in [2.75, 3.05) is 6.61 Å². The Labute approximate surface area is 110 Å². The molecule has 1 aliphatic rings. The van der Waals surface area contributed by atoms with Crippen LogP contribution in [0.5, 0.6) is 0 Å². The molecule has 0 radical (unpaired) electrons. The molecule has 2 heterocycles. The van der Waals surface area contributed by atoms with Crippen molar-refractivity contribution < 1.29 is 17.9 Å². The van der Waals surface area contributed by atoms with Crippen molar-refractivity contribution >= 4 is 0 Å². The maximum Gasteiger partial charge on any atom is 0.433 e. The van der Waals surface area contributed by atoms with Crippen LogP contribution in [0.2, 0.25) is 0 Å². The van der Waals surface area contributed by atoms with Crippen LogP contribution in [0.3, 0.4) is 0 Å². The molecule has 1 fully saturated rings. The number of nitrogens with one attached hydrogen (secondary N) is 1. The minimum absolute atomic E-state index is 0.159. The van der Waals surface area contributed by atoms with Crippen LogP contribution in [0.25, 0.3) is 0 Å². The summed E-state index contributed by atoms with van der Waals surface area (Å²) < 4.78 is 43.1. The molecule has 1 atom stereocenters. The summed E-state index contributed by atoms with van der Waals surface area (Å²) in [4.78, 5) is 3.65. The smallest absolute Gasteiger partial charge is 0.360 e. The number of alkyl halides is 3. The minimum Gasteiger partial charge on any atom is -0.360 e. The number of pyridine rings is 1. The molecule has 2 rings (SSSR count). The second kappa shape index (κ2) is 5.09. The van der Waals surface area contributed by atoms with Gasteiger partial charge < -0.3 is 4.74 Å². The molecule has 19 heavy (non-hydrogen) atoms. The van der Waals surface area contributed by atoms with Crippen molar-refractivity contribution in [3.8, 4) is 0 Å². The molecular formula is C13H17F3N2O. The van der Waals surface area contributed by atoms with Gasteiger partial charge in [0.15, 0.2) is 0 Å². The lowest BCUT2D eigenvalue weighted by Gasteiger charge is -2.18. The van der Waals surface area contributed by atoms with Crippen molar-refractivity contribution in [1.82, 2.24) is 10.3 Å². The van der Waals surface area contributed by atoms with E-state index in [-0.39, 0.29) is 11.8 Å². The fourth-order valence-corrected chi connectivity index (χ4v) is 2.14. The van der Waals surface area contributed by atoms with Crippen LogP contribution in [-0.4, -0.2) is 23.4 Å². The van der Waals surface area contributed by atoms with Crippen molar-refractivity contribution in [3.63, 3.8) is 0 Å². The van der Waals surface area contributed by atoms with Crippen LogP contribution in [-0.2, 0) is 17.3 Å². The third kappa shape index (κ3) is 3.91. The highest BCUT2D eigenvalue weighted by atomic mass is 19.4. The summed E-state index contributed by atoms with van der Waals surface area (Å²) >= 11 is 0. The quantitative estimate of drug-likeness (QED) is 0.920. The van der Waals surface area contributed by atoms with E-state index in [0.717, 1.165) is 6.07 Å². The van der Waals surface area contributed by atoms with Gasteiger partial charge in [0.25, 0.3) is 0 Å². The number of hydrogen-bond donors (Lipinski definition) is 1. The first-order valence-corrected chi connectivity index (χ1v) is 6.21. The molecule has 0 aliphatic carbocycles. The van der Waals surface area contributed by atoms with Crippen LogP contribution < -0.4 is 5.32 Å². The molecule has 0 bridgehead atoms. The lowest BCUT2D eigenvalue weighted by molar-refractivity contribution is -0.141. The number of nitrogens with zero attached hydrogens (tertiary/aromatic N) is 1. The average molecular weight is 274 g/mol. The number of aryl methyl sites for hydroxylation is 1. The van der Waals surface area contributed by atoms with Gasteiger partial charge in [-0.05, 0) is 38.8 Å². The molecule has 0 spiro atoms. The largest absolute Gasteiger partial charge is 0.433 e. The van der Waals surface area contributed by atoms with Gasteiger partial charge in [0, 0.05) is 11.7 Å². The third-order valence-electron chi connectivity index (χ3n) is 3.04. The predicted molar refractivity (Wildman–Crippen MR) is 64.5 cm³/mol.